The van der Waals surface area contributed by atoms with Gasteiger partial charge in [-0.25, -0.2) is 0 Å². The molecule has 0 atom stereocenters. The number of aromatic nitrogens is 1. The summed E-state index contributed by atoms with van der Waals surface area (Å²) in [5.74, 6) is -0.123. The Hall–Kier alpha value is -2.38. The number of nitrogens with zero attached hydrogens (tertiary/aromatic N) is 2. The van der Waals surface area contributed by atoms with Crippen molar-refractivity contribution in [2.24, 2.45) is 0 Å². The number of hydrogen-bond donors (Lipinski definition) is 1. The highest BCUT2D eigenvalue weighted by molar-refractivity contribution is 7.16. The van der Waals surface area contributed by atoms with Crippen LogP contribution in [-0.4, -0.2) is 27.3 Å². The predicted molar refractivity (Wildman–Crippen MR) is 94.7 cm³/mol. The number of carbonyl (C=O) groups excluding carboxylic acids is 1. The van der Waals surface area contributed by atoms with E-state index in [0.717, 1.165) is 4.88 Å². The van der Waals surface area contributed by atoms with Gasteiger partial charge in [0, 0.05) is 35.1 Å². The van der Waals surface area contributed by atoms with Gasteiger partial charge in [0.05, 0.1) is 26.9 Å². The molecule has 0 spiro atoms. The second-order valence-electron chi connectivity index (χ2n) is 5.21. The van der Waals surface area contributed by atoms with Crippen molar-refractivity contribution in [3.05, 3.63) is 61.4 Å². The molecule has 6 nitrogen and oxygen atoms in total. The monoisotopic (exact) mass is 363 g/mol. The molecule has 24 heavy (non-hydrogen) atoms. The molecule has 0 bridgehead atoms. The third-order valence-electron chi connectivity index (χ3n) is 3.75. The Bertz CT molecular complexity index is 918. The maximum Gasteiger partial charge on any atom is 0.271 e. The third-order valence-corrected chi connectivity index (χ3v) is 4.97. The molecule has 2 heterocycles. The van der Waals surface area contributed by atoms with E-state index in [1.165, 1.54) is 23.5 Å². The number of non-ortho nitro benzene ring substituents is 1. The van der Waals surface area contributed by atoms with Crippen LogP contribution in [0.5, 0.6) is 0 Å². The lowest BCUT2D eigenvalue weighted by molar-refractivity contribution is -0.384. The minimum absolute atomic E-state index is 0.0103. The fourth-order valence-electron chi connectivity index (χ4n) is 2.53. The van der Waals surface area contributed by atoms with Gasteiger partial charge in [0.2, 0.25) is 0 Å². The van der Waals surface area contributed by atoms with Crippen molar-refractivity contribution in [1.82, 2.24) is 9.88 Å². The molecule has 0 aliphatic rings. The number of nitrogens with one attached hydrogen (secondary N) is 1. The molecule has 0 fully saturated rings. The van der Waals surface area contributed by atoms with Crippen LogP contribution in [0.2, 0.25) is 4.34 Å². The van der Waals surface area contributed by atoms with Crippen molar-refractivity contribution in [1.29, 1.82) is 0 Å². The molecule has 1 aromatic carbocycles. The smallest absolute Gasteiger partial charge is 0.271 e. The molecule has 1 amide bonds. The number of amides is 1. The molecule has 2 aromatic heterocycles. The van der Waals surface area contributed by atoms with Crippen molar-refractivity contribution in [2.75, 3.05) is 6.54 Å². The molecule has 0 radical (unpaired) electrons. The molecule has 0 saturated heterocycles. The summed E-state index contributed by atoms with van der Waals surface area (Å²) in [7, 11) is 0. The summed E-state index contributed by atoms with van der Waals surface area (Å²) in [6.45, 7) is 2.94. The number of hydrogen-bond acceptors (Lipinski definition) is 4. The zero-order chi connectivity index (χ0) is 17.3. The maximum absolute atomic E-state index is 12.8. The number of thiophene rings is 1. The van der Waals surface area contributed by atoms with Crippen LogP contribution in [0.15, 0.2) is 36.5 Å². The summed E-state index contributed by atoms with van der Waals surface area (Å²) in [6, 6.07) is 8.16. The predicted octanol–water partition coefficient (Wildman–Crippen LogP) is 4.45. The van der Waals surface area contributed by atoms with Gasteiger partial charge in [0.1, 0.15) is 0 Å². The molecule has 1 N–H and O–H groups in total. The van der Waals surface area contributed by atoms with E-state index < -0.39 is 4.92 Å². The maximum atomic E-state index is 12.8. The van der Waals surface area contributed by atoms with Gasteiger partial charge in [-0.05, 0) is 25.1 Å². The first-order valence-corrected chi connectivity index (χ1v) is 8.48. The fraction of sp³-hybridized carbons (Fsp3) is 0.188. The number of rotatable bonds is 5. The zero-order valence-corrected chi connectivity index (χ0v) is 14.4. The van der Waals surface area contributed by atoms with E-state index >= 15 is 0 Å². The standard InChI is InChI=1S/C16H14ClN3O3S/c1-2-19(9-11-4-6-15(17)24-11)16(21)13-8-18-14-7-10(20(22)23)3-5-12(13)14/h3-8,18H,2,9H2,1H3. The average Bonchev–Trinajstić information content (AvgIpc) is 3.17. The highest BCUT2D eigenvalue weighted by Crippen LogP contribution is 2.26. The van der Waals surface area contributed by atoms with Crippen LogP contribution in [0.3, 0.4) is 0 Å². The van der Waals surface area contributed by atoms with Gasteiger partial charge in [0.25, 0.3) is 11.6 Å². The highest BCUT2D eigenvalue weighted by atomic mass is 35.5. The molecule has 8 heteroatoms. The molecular formula is C16H14ClN3O3S. The Morgan fingerprint density at radius 1 is 1.38 bits per heavy atom. The second kappa shape index (κ2) is 6.62. The van der Waals surface area contributed by atoms with Gasteiger partial charge < -0.3 is 9.88 Å². The molecule has 3 rings (SSSR count). The second-order valence-corrected chi connectivity index (χ2v) is 7.01. The van der Waals surface area contributed by atoms with Gasteiger partial charge in [-0.3, -0.25) is 14.9 Å². The van der Waals surface area contributed by atoms with E-state index in [1.54, 1.807) is 17.2 Å². The van der Waals surface area contributed by atoms with Gasteiger partial charge in [-0.15, -0.1) is 11.3 Å². The number of halogens is 1. The number of fused-ring (bicyclic) bond motifs is 1. The Balaban J connectivity index is 1.90. The lowest BCUT2D eigenvalue weighted by atomic mass is 10.1. The van der Waals surface area contributed by atoms with Crippen LogP contribution in [-0.2, 0) is 6.54 Å². The number of H-pyrrole nitrogens is 1. The van der Waals surface area contributed by atoms with E-state index in [1.807, 2.05) is 19.1 Å². The Morgan fingerprint density at radius 3 is 2.79 bits per heavy atom. The quantitative estimate of drug-likeness (QED) is 0.537. The van der Waals surface area contributed by atoms with Crippen LogP contribution in [0.1, 0.15) is 22.2 Å². The summed E-state index contributed by atoms with van der Waals surface area (Å²) in [6.07, 6.45) is 1.60. The first-order valence-electron chi connectivity index (χ1n) is 7.28. The first-order chi connectivity index (χ1) is 11.5. The zero-order valence-electron chi connectivity index (χ0n) is 12.8. The van der Waals surface area contributed by atoms with Crippen LogP contribution in [0, 0.1) is 10.1 Å². The Labute approximate surface area is 146 Å². The topological polar surface area (TPSA) is 79.2 Å². The van der Waals surface area contributed by atoms with Crippen LogP contribution in [0.4, 0.5) is 5.69 Å². The first kappa shape index (κ1) is 16.5. The minimum Gasteiger partial charge on any atom is -0.360 e. The van der Waals surface area contributed by atoms with Crippen molar-refractivity contribution < 1.29 is 9.72 Å². The van der Waals surface area contributed by atoms with Gasteiger partial charge in [-0.2, -0.15) is 0 Å². The number of nitro groups is 1. The average molecular weight is 364 g/mol. The number of aromatic amines is 1. The van der Waals surface area contributed by atoms with Gasteiger partial charge in [0.15, 0.2) is 0 Å². The lowest BCUT2D eigenvalue weighted by Crippen LogP contribution is -2.29. The van der Waals surface area contributed by atoms with Crippen molar-refractivity contribution >= 4 is 45.4 Å². The van der Waals surface area contributed by atoms with E-state index in [2.05, 4.69) is 4.98 Å². The van der Waals surface area contributed by atoms with E-state index in [0.29, 0.717) is 33.9 Å². The van der Waals surface area contributed by atoms with Crippen LogP contribution in [0.25, 0.3) is 10.9 Å². The molecule has 0 saturated carbocycles. The van der Waals surface area contributed by atoms with Gasteiger partial charge >= 0.3 is 0 Å². The SMILES string of the molecule is CCN(Cc1ccc(Cl)s1)C(=O)c1c[nH]c2cc([N+](=O)[O-])ccc12. The number of benzene rings is 1. The molecule has 0 aliphatic heterocycles. The normalized spacial score (nSPS) is 10.9. The number of nitro benzene ring substituents is 1. The highest BCUT2D eigenvalue weighted by Gasteiger charge is 2.20. The van der Waals surface area contributed by atoms with Crippen molar-refractivity contribution in [3.8, 4) is 0 Å². The third kappa shape index (κ3) is 3.13. The Kier molecular flexibility index (Phi) is 4.55. The molecule has 3 aromatic rings. The molecular weight excluding hydrogens is 350 g/mol. The molecule has 0 unspecified atom stereocenters. The van der Waals surface area contributed by atoms with E-state index in [4.69, 9.17) is 11.6 Å². The molecule has 124 valence electrons. The summed E-state index contributed by atoms with van der Waals surface area (Å²) >= 11 is 7.38. The molecule has 0 aliphatic carbocycles. The summed E-state index contributed by atoms with van der Waals surface area (Å²) in [5, 5.41) is 11.5. The lowest BCUT2D eigenvalue weighted by Gasteiger charge is -2.19. The summed E-state index contributed by atoms with van der Waals surface area (Å²) in [4.78, 5) is 28.9. The summed E-state index contributed by atoms with van der Waals surface area (Å²) in [5.41, 5.74) is 1.07. The van der Waals surface area contributed by atoms with Crippen LogP contribution < -0.4 is 0 Å². The summed E-state index contributed by atoms with van der Waals surface area (Å²) < 4.78 is 0.688. The fourth-order valence-corrected chi connectivity index (χ4v) is 3.63. The number of carbonyl (C=O) groups is 1. The Morgan fingerprint density at radius 2 is 2.17 bits per heavy atom. The van der Waals surface area contributed by atoms with E-state index in [-0.39, 0.29) is 11.6 Å². The largest absolute Gasteiger partial charge is 0.360 e. The van der Waals surface area contributed by atoms with Crippen molar-refractivity contribution in [3.63, 3.8) is 0 Å². The van der Waals surface area contributed by atoms with E-state index in [9.17, 15) is 14.9 Å². The van der Waals surface area contributed by atoms with Gasteiger partial charge in [-0.1, -0.05) is 11.6 Å². The minimum atomic E-state index is -0.458. The van der Waals surface area contributed by atoms with Crippen LogP contribution >= 0.6 is 22.9 Å². The van der Waals surface area contributed by atoms with Crippen molar-refractivity contribution in [2.45, 2.75) is 13.5 Å².